The number of ether oxygens (including phenoxy) is 1. The average molecular weight is 367 g/mol. The Labute approximate surface area is 141 Å². The van der Waals surface area contributed by atoms with Crippen molar-refractivity contribution < 1.29 is 14.6 Å². The number of hydrogen-bond donors (Lipinski definition) is 1. The predicted octanol–water partition coefficient (Wildman–Crippen LogP) is 4.67. The number of benzene rings is 1. The summed E-state index contributed by atoms with van der Waals surface area (Å²) in [5.74, 6) is 5.63. The van der Waals surface area contributed by atoms with Gasteiger partial charge in [-0.05, 0) is 30.9 Å². The maximum Gasteiger partial charge on any atom is 0.339 e. The van der Waals surface area contributed by atoms with Crippen molar-refractivity contribution >= 4 is 21.9 Å². The fraction of sp³-hybridized carbons (Fsp3) is 0.500. The minimum atomic E-state index is -0.919. The number of hydrogen-bond acceptors (Lipinski definition) is 2. The lowest BCUT2D eigenvalue weighted by Gasteiger charge is -2.10. The minimum absolute atomic E-state index is 0.301. The molecule has 22 heavy (non-hydrogen) atoms. The first kappa shape index (κ1) is 18.6. The topological polar surface area (TPSA) is 46.5 Å². The number of carboxylic acids is 1. The number of aromatic carboxylic acids is 1. The normalized spacial score (nSPS) is 9.91. The number of halogens is 1. The molecule has 0 bridgehead atoms. The largest absolute Gasteiger partial charge is 0.496 e. The highest BCUT2D eigenvalue weighted by atomic mass is 79.9. The summed E-state index contributed by atoms with van der Waals surface area (Å²) in [5, 5.41) is 10.1. The molecule has 0 aromatic heterocycles. The fourth-order valence-corrected chi connectivity index (χ4v) is 2.59. The molecule has 1 aromatic carbocycles. The zero-order valence-electron chi connectivity index (χ0n) is 13.0. The van der Waals surface area contributed by atoms with E-state index in [1.165, 1.54) is 20.0 Å². The van der Waals surface area contributed by atoms with Crippen molar-refractivity contribution in [2.45, 2.75) is 44.9 Å². The minimum Gasteiger partial charge on any atom is -0.496 e. The Morgan fingerprint density at radius 3 is 2.59 bits per heavy atom. The van der Waals surface area contributed by atoms with E-state index in [9.17, 15) is 9.90 Å². The number of unbranched alkanes of at least 4 members (excludes halogenated alkanes) is 5. The van der Waals surface area contributed by atoms with Crippen LogP contribution in [0.4, 0.5) is 0 Å². The highest BCUT2D eigenvalue weighted by molar-refractivity contribution is 9.09. The molecule has 0 amide bonds. The molecule has 0 unspecified atom stereocenters. The average Bonchev–Trinajstić information content (AvgIpc) is 2.52. The number of methoxy groups -OCH3 is 1. The van der Waals surface area contributed by atoms with Crippen LogP contribution >= 0.6 is 15.9 Å². The van der Waals surface area contributed by atoms with E-state index in [1.54, 1.807) is 6.07 Å². The number of alkyl halides is 1. The van der Waals surface area contributed by atoms with Crippen molar-refractivity contribution in [3.8, 4) is 17.6 Å². The molecule has 1 aromatic rings. The van der Waals surface area contributed by atoms with Crippen LogP contribution in [0.25, 0.3) is 0 Å². The molecule has 0 atom stereocenters. The van der Waals surface area contributed by atoms with Crippen LogP contribution in [0.15, 0.2) is 18.2 Å². The number of rotatable bonds is 9. The molecule has 0 fully saturated rings. The van der Waals surface area contributed by atoms with Crippen LogP contribution < -0.4 is 4.74 Å². The summed E-state index contributed by atoms with van der Waals surface area (Å²) in [6.45, 7) is 0. The second kappa shape index (κ2) is 11.1. The van der Waals surface area contributed by atoms with Gasteiger partial charge in [0.1, 0.15) is 11.3 Å². The van der Waals surface area contributed by atoms with E-state index in [1.807, 2.05) is 12.1 Å². The maximum absolute atomic E-state index is 11.4. The highest BCUT2D eigenvalue weighted by Crippen LogP contribution is 2.24. The first-order valence-corrected chi connectivity index (χ1v) is 8.73. The van der Waals surface area contributed by atoms with Gasteiger partial charge in [0.15, 0.2) is 0 Å². The predicted molar refractivity (Wildman–Crippen MR) is 92.9 cm³/mol. The molecule has 0 radical (unpaired) electrons. The standard InChI is InChI=1S/C18H23BrO3/c1-22-16-13-10-12-15(17(16)18(20)21)11-8-6-4-2-3-5-7-9-14-19/h10,12-13H,2-6,8,11,14H2,1H3,(H,20,21). The van der Waals surface area contributed by atoms with Crippen LogP contribution in [0.1, 0.15) is 54.4 Å². The van der Waals surface area contributed by atoms with E-state index in [2.05, 4.69) is 27.8 Å². The molecule has 1 N–H and O–H groups in total. The van der Waals surface area contributed by atoms with Gasteiger partial charge in [0.05, 0.1) is 12.4 Å². The lowest BCUT2D eigenvalue weighted by Crippen LogP contribution is -2.05. The summed E-state index contributed by atoms with van der Waals surface area (Å²) in [4.78, 5) is 11.4. The quantitative estimate of drug-likeness (QED) is 0.392. The van der Waals surface area contributed by atoms with E-state index in [-0.39, 0.29) is 0 Å². The Balaban J connectivity index is 2.35. The molecule has 0 aliphatic rings. The van der Waals surface area contributed by atoms with Crippen LogP contribution in [-0.2, 0) is 6.42 Å². The molecule has 0 heterocycles. The molecule has 3 nitrogen and oxygen atoms in total. The lowest BCUT2D eigenvalue weighted by atomic mass is 9.99. The van der Waals surface area contributed by atoms with E-state index in [0.29, 0.717) is 11.3 Å². The second-order valence-corrected chi connectivity index (χ2v) is 5.62. The van der Waals surface area contributed by atoms with Crippen molar-refractivity contribution in [1.82, 2.24) is 0 Å². The Hall–Kier alpha value is -1.47. The van der Waals surface area contributed by atoms with Crippen LogP contribution in [0, 0.1) is 11.8 Å². The molecule has 0 aliphatic carbocycles. The molecule has 4 heteroatoms. The fourth-order valence-electron chi connectivity index (χ4n) is 2.39. The van der Waals surface area contributed by atoms with Gasteiger partial charge in [-0.2, -0.15) is 0 Å². The summed E-state index contributed by atoms with van der Waals surface area (Å²) in [6.07, 6.45) is 7.35. The van der Waals surface area contributed by atoms with E-state index in [0.717, 1.165) is 43.0 Å². The van der Waals surface area contributed by atoms with Crippen molar-refractivity contribution in [1.29, 1.82) is 0 Å². The zero-order chi connectivity index (χ0) is 16.2. The summed E-state index contributed by atoms with van der Waals surface area (Å²) in [6, 6.07) is 5.42. The van der Waals surface area contributed by atoms with E-state index >= 15 is 0 Å². The van der Waals surface area contributed by atoms with Gasteiger partial charge in [-0.3, -0.25) is 0 Å². The van der Waals surface area contributed by atoms with Crippen LogP contribution in [0.5, 0.6) is 5.75 Å². The van der Waals surface area contributed by atoms with Gasteiger partial charge < -0.3 is 9.84 Å². The summed E-state index contributed by atoms with van der Waals surface area (Å²) < 4.78 is 5.14. The van der Waals surface area contributed by atoms with Crippen molar-refractivity contribution in [3.05, 3.63) is 29.3 Å². The van der Waals surface area contributed by atoms with Crippen molar-refractivity contribution in [2.24, 2.45) is 0 Å². The second-order valence-electron chi connectivity index (χ2n) is 5.05. The van der Waals surface area contributed by atoms with Crippen LogP contribution in [-0.4, -0.2) is 23.5 Å². The zero-order valence-corrected chi connectivity index (χ0v) is 14.6. The van der Waals surface area contributed by atoms with Crippen LogP contribution in [0.3, 0.4) is 0 Å². The number of carbonyl (C=O) groups is 1. The lowest BCUT2D eigenvalue weighted by molar-refractivity contribution is 0.0692. The summed E-state index contributed by atoms with van der Waals surface area (Å²) >= 11 is 3.28. The molecular weight excluding hydrogens is 344 g/mol. The third kappa shape index (κ3) is 6.53. The molecule has 0 saturated carbocycles. The molecular formula is C18H23BrO3. The first-order valence-electron chi connectivity index (χ1n) is 7.61. The Bertz CT molecular complexity index is 529. The summed E-state index contributed by atoms with van der Waals surface area (Å²) in [5.41, 5.74) is 1.16. The monoisotopic (exact) mass is 366 g/mol. The van der Waals surface area contributed by atoms with E-state index in [4.69, 9.17) is 4.74 Å². The van der Waals surface area contributed by atoms with Crippen LogP contribution in [0.2, 0.25) is 0 Å². The molecule has 120 valence electrons. The molecule has 0 spiro atoms. The van der Waals surface area contributed by atoms with Gasteiger partial charge >= 0.3 is 5.97 Å². The smallest absolute Gasteiger partial charge is 0.339 e. The van der Waals surface area contributed by atoms with Gasteiger partial charge in [-0.15, -0.1) is 5.92 Å². The third-order valence-corrected chi connectivity index (χ3v) is 3.77. The van der Waals surface area contributed by atoms with Gasteiger partial charge in [0.2, 0.25) is 0 Å². The SMILES string of the molecule is COc1cccc(CCCCCCCC#CCBr)c1C(=O)O. The molecule has 0 aliphatic heterocycles. The summed E-state index contributed by atoms with van der Waals surface area (Å²) in [7, 11) is 1.50. The molecule has 0 saturated heterocycles. The Morgan fingerprint density at radius 1 is 1.18 bits per heavy atom. The third-order valence-electron chi connectivity index (χ3n) is 3.49. The van der Waals surface area contributed by atoms with Gasteiger partial charge in [-0.1, -0.05) is 53.2 Å². The first-order chi connectivity index (χ1) is 10.7. The van der Waals surface area contributed by atoms with Crippen molar-refractivity contribution in [2.75, 3.05) is 12.4 Å². The Kier molecular flexibility index (Phi) is 9.41. The van der Waals surface area contributed by atoms with Gasteiger partial charge in [-0.25, -0.2) is 4.79 Å². The molecule has 1 rings (SSSR count). The highest BCUT2D eigenvalue weighted by Gasteiger charge is 2.15. The Morgan fingerprint density at radius 2 is 1.91 bits per heavy atom. The number of aryl methyl sites for hydroxylation is 1. The van der Waals surface area contributed by atoms with Gasteiger partial charge in [0.25, 0.3) is 0 Å². The van der Waals surface area contributed by atoms with Crippen molar-refractivity contribution in [3.63, 3.8) is 0 Å². The maximum atomic E-state index is 11.4. The van der Waals surface area contributed by atoms with E-state index < -0.39 is 5.97 Å². The van der Waals surface area contributed by atoms with Gasteiger partial charge in [0, 0.05) is 6.42 Å². The number of carboxylic acid groups (broad SMARTS) is 1.